The van der Waals surface area contributed by atoms with E-state index in [2.05, 4.69) is 109 Å². The zero-order chi connectivity index (χ0) is 29.8. The third-order valence-corrected chi connectivity index (χ3v) is 9.99. The van der Waals surface area contributed by atoms with Crippen LogP contribution in [0.4, 0.5) is 5.69 Å². The molecule has 0 aliphatic carbocycles. The van der Waals surface area contributed by atoms with Crippen LogP contribution < -0.4 is 31.8 Å². The molecule has 1 N–H and O–H groups in total. The van der Waals surface area contributed by atoms with Gasteiger partial charge >= 0.3 is 0 Å². The Bertz CT molecular complexity index is 2220. The van der Waals surface area contributed by atoms with E-state index in [9.17, 15) is 5.11 Å². The van der Waals surface area contributed by atoms with Crippen molar-refractivity contribution < 1.29 is 9.84 Å². The van der Waals surface area contributed by atoms with E-state index in [1.807, 2.05) is 18.2 Å². The summed E-state index contributed by atoms with van der Waals surface area (Å²) < 4.78 is 9.00. The van der Waals surface area contributed by atoms with Crippen LogP contribution in [0.15, 0.2) is 119 Å². The van der Waals surface area contributed by atoms with Crippen molar-refractivity contribution in [2.45, 2.75) is 31.6 Å². The van der Waals surface area contributed by atoms with Gasteiger partial charge in [0.1, 0.15) is 17.0 Å². The lowest BCUT2D eigenvalue weighted by Gasteiger charge is -2.30. The van der Waals surface area contributed by atoms with Crippen LogP contribution in [0.3, 0.4) is 0 Å². The number of fused-ring (bicyclic) bond motifs is 6. The normalized spacial score (nSPS) is 13.3. The Balaban J connectivity index is 1.40. The molecule has 0 atom stereocenters. The van der Waals surface area contributed by atoms with Crippen LogP contribution in [0.25, 0.3) is 21.5 Å². The molecule has 8 rings (SSSR count). The highest BCUT2D eigenvalue weighted by Gasteiger charge is 2.35. The topological polar surface area (TPSA) is 46.8 Å². The number of aryl methyl sites for hydroxylation is 2. The molecular weight excluding hydrogens is 559 g/mol. The summed E-state index contributed by atoms with van der Waals surface area (Å²) in [6.07, 6.45) is 2.08. The molecule has 2 aliphatic rings. The van der Waals surface area contributed by atoms with Gasteiger partial charge in [-0.2, -0.15) is 0 Å². The van der Waals surface area contributed by atoms with Crippen LogP contribution in [0.2, 0.25) is 0 Å². The Labute approximate surface area is 261 Å². The summed E-state index contributed by atoms with van der Waals surface area (Å²) in [4.78, 5) is 7.18. The quantitative estimate of drug-likeness (QED) is 0.263. The van der Waals surface area contributed by atoms with Gasteiger partial charge in [0, 0.05) is 26.5 Å². The largest absolute Gasteiger partial charge is 0.458 e. The maximum absolute atomic E-state index is 10.6. The van der Waals surface area contributed by atoms with E-state index in [1.54, 1.807) is 11.8 Å². The second kappa shape index (κ2) is 10.9. The summed E-state index contributed by atoms with van der Waals surface area (Å²) in [6, 6.07) is 38.3. The Morgan fingerprint density at radius 3 is 2.52 bits per heavy atom. The molecule has 44 heavy (non-hydrogen) atoms. The Hall–Kier alpha value is -4.52. The highest BCUT2D eigenvalue weighted by atomic mass is 32.2. The SMILES string of the molecule is CCCc1cccc2c1B(c1ccccc1C)c1ccc(-n3c4c(c5ccccc53)=C(CO)Sc3ccccc3N=4)cc1O2. The minimum absolute atomic E-state index is 0.0577. The average Bonchev–Trinajstić information content (AvgIpc) is 3.27. The van der Waals surface area contributed by atoms with Gasteiger partial charge in [0.25, 0.3) is 6.71 Å². The van der Waals surface area contributed by atoms with Crippen molar-refractivity contribution in [1.82, 2.24) is 4.57 Å². The fraction of sp³-hybridized carbons (Fsp3) is 0.132. The lowest BCUT2D eigenvalue weighted by Crippen LogP contribution is -2.56. The molecule has 3 heterocycles. The minimum atomic E-state index is -0.0577. The highest BCUT2D eigenvalue weighted by molar-refractivity contribution is 8.08. The van der Waals surface area contributed by atoms with Crippen molar-refractivity contribution in [3.63, 3.8) is 0 Å². The number of aromatic nitrogens is 1. The van der Waals surface area contributed by atoms with Crippen LogP contribution >= 0.6 is 11.8 Å². The standard InChI is InChI=1S/C38H31BN2O2S/c1-3-11-25-13-10-18-32-37(25)39(28-15-6-4-12-24(28)2)29-21-20-26(22-33(29)43-32)41-31-17-8-5-14-27(31)36-35(23-42)44-34-19-9-7-16-30(34)40-38(36)41/h4-10,12-22,42H,3,11,23H2,1-2H3. The zero-order valence-corrected chi connectivity index (χ0v) is 25.6. The van der Waals surface area contributed by atoms with Gasteiger partial charge < -0.3 is 9.84 Å². The summed E-state index contributed by atoms with van der Waals surface area (Å²) in [5, 5.41) is 12.6. The van der Waals surface area contributed by atoms with E-state index in [0.29, 0.717) is 0 Å². The van der Waals surface area contributed by atoms with Crippen LogP contribution in [-0.4, -0.2) is 23.0 Å². The van der Waals surface area contributed by atoms with Gasteiger partial charge in [-0.3, -0.25) is 4.57 Å². The number of hydrogen-bond acceptors (Lipinski definition) is 4. The molecule has 0 fully saturated rings. The molecule has 5 aromatic carbocycles. The Kier molecular flexibility index (Phi) is 6.69. The lowest BCUT2D eigenvalue weighted by molar-refractivity contribution is 0.353. The molecular formula is C38H31BN2O2S. The molecule has 1 aromatic heterocycles. The van der Waals surface area contributed by atoms with Crippen molar-refractivity contribution in [3.8, 4) is 17.2 Å². The summed E-state index contributed by atoms with van der Waals surface area (Å²) in [6.45, 7) is 4.46. The molecule has 0 radical (unpaired) electrons. The van der Waals surface area contributed by atoms with E-state index in [4.69, 9.17) is 9.73 Å². The predicted molar refractivity (Wildman–Crippen MR) is 183 cm³/mol. The minimum Gasteiger partial charge on any atom is -0.458 e. The smallest absolute Gasteiger partial charge is 0.251 e. The highest BCUT2D eigenvalue weighted by Crippen LogP contribution is 2.36. The third kappa shape index (κ3) is 4.24. The zero-order valence-electron chi connectivity index (χ0n) is 24.7. The molecule has 0 unspecified atom stereocenters. The van der Waals surface area contributed by atoms with Gasteiger partial charge in [0.2, 0.25) is 0 Å². The number of hydrogen-bond donors (Lipinski definition) is 1. The molecule has 6 heteroatoms. The van der Waals surface area contributed by atoms with Gasteiger partial charge in [-0.15, -0.1) is 0 Å². The first kappa shape index (κ1) is 27.1. The van der Waals surface area contributed by atoms with Crippen molar-refractivity contribution in [1.29, 1.82) is 0 Å². The Morgan fingerprint density at radius 2 is 1.66 bits per heavy atom. The summed E-state index contributed by atoms with van der Waals surface area (Å²) in [5.74, 6) is 1.79. The van der Waals surface area contributed by atoms with Crippen molar-refractivity contribution in [2.75, 3.05) is 6.61 Å². The van der Waals surface area contributed by atoms with E-state index in [-0.39, 0.29) is 13.3 Å². The second-order valence-corrected chi connectivity index (χ2v) is 12.6. The van der Waals surface area contributed by atoms with Gasteiger partial charge in [-0.25, -0.2) is 4.99 Å². The summed E-state index contributed by atoms with van der Waals surface area (Å²) in [7, 11) is 0. The first-order chi connectivity index (χ1) is 21.7. The Morgan fingerprint density at radius 1 is 0.841 bits per heavy atom. The number of rotatable bonds is 5. The van der Waals surface area contributed by atoms with E-state index >= 15 is 0 Å². The summed E-state index contributed by atoms with van der Waals surface area (Å²) in [5.41, 5.74) is 10.1. The number of nitrogens with zero attached hydrogens (tertiary/aromatic N) is 2. The molecule has 214 valence electrons. The van der Waals surface area contributed by atoms with Crippen LogP contribution in [-0.2, 0) is 6.42 Å². The molecule has 0 amide bonds. The van der Waals surface area contributed by atoms with Gasteiger partial charge in [0.05, 0.1) is 23.5 Å². The maximum atomic E-state index is 10.6. The van der Waals surface area contributed by atoms with E-state index < -0.39 is 0 Å². The van der Waals surface area contributed by atoms with Crippen LogP contribution in [0, 0.1) is 6.92 Å². The van der Waals surface area contributed by atoms with E-state index in [0.717, 1.165) is 67.1 Å². The predicted octanol–water partition coefficient (Wildman–Crippen LogP) is 5.67. The summed E-state index contributed by atoms with van der Waals surface area (Å²) >= 11 is 1.60. The number of benzene rings is 5. The van der Waals surface area contributed by atoms with Crippen molar-refractivity contribution >= 4 is 56.4 Å². The molecule has 0 saturated carbocycles. The average molecular weight is 591 g/mol. The lowest BCUT2D eigenvalue weighted by atomic mass is 9.34. The fourth-order valence-electron chi connectivity index (χ4n) is 6.90. The number of aliphatic hydroxyl groups excluding tert-OH is 1. The van der Waals surface area contributed by atoms with Gasteiger partial charge in [-0.1, -0.05) is 109 Å². The van der Waals surface area contributed by atoms with Gasteiger partial charge in [0.15, 0.2) is 0 Å². The van der Waals surface area contributed by atoms with Gasteiger partial charge in [-0.05, 0) is 60.2 Å². The molecule has 0 saturated heterocycles. The third-order valence-electron chi connectivity index (χ3n) is 8.85. The van der Waals surface area contributed by atoms with E-state index in [1.165, 1.54) is 27.5 Å². The van der Waals surface area contributed by atoms with Crippen LogP contribution in [0.5, 0.6) is 11.5 Å². The molecule has 0 bridgehead atoms. The monoisotopic (exact) mass is 590 g/mol. The maximum Gasteiger partial charge on any atom is 0.251 e. The molecule has 6 aromatic rings. The molecule has 4 nitrogen and oxygen atoms in total. The van der Waals surface area contributed by atoms with Crippen LogP contribution in [0.1, 0.15) is 24.5 Å². The molecule has 2 aliphatic heterocycles. The number of ether oxygens (including phenoxy) is 1. The fourth-order valence-corrected chi connectivity index (χ4v) is 7.90. The number of para-hydroxylation sites is 2. The van der Waals surface area contributed by atoms with Crippen molar-refractivity contribution in [3.05, 3.63) is 131 Å². The number of aliphatic hydroxyl groups is 1. The number of thioether (sulfide) groups is 1. The first-order valence-corrected chi connectivity index (χ1v) is 16.1. The second-order valence-electron chi connectivity index (χ2n) is 11.5. The van der Waals surface area contributed by atoms with Crippen molar-refractivity contribution in [2.24, 2.45) is 4.99 Å². The molecule has 0 spiro atoms. The first-order valence-electron chi connectivity index (χ1n) is 15.2.